The average Bonchev–Trinajstić information content (AvgIpc) is 2.94. The number of benzene rings is 1. The van der Waals surface area contributed by atoms with E-state index in [0.717, 1.165) is 37.4 Å². The number of aromatic nitrogens is 1. The van der Waals surface area contributed by atoms with Gasteiger partial charge in [-0.2, -0.15) is 0 Å². The highest BCUT2D eigenvalue weighted by molar-refractivity contribution is 6.00. The zero-order valence-corrected chi connectivity index (χ0v) is 17.1. The summed E-state index contributed by atoms with van der Waals surface area (Å²) in [6, 6.07) is 12.8. The molecule has 7 nitrogen and oxygen atoms in total. The van der Waals surface area contributed by atoms with E-state index in [9.17, 15) is 9.59 Å². The number of carbonyl (C=O) groups excluding carboxylic acids is 2. The fourth-order valence-electron chi connectivity index (χ4n) is 3.42. The van der Waals surface area contributed by atoms with Crippen LogP contribution in [-0.4, -0.2) is 59.6 Å². The Morgan fingerprint density at radius 3 is 2.69 bits per heavy atom. The molecule has 2 amide bonds. The third-order valence-electron chi connectivity index (χ3n) is 4.87. The molecular formula is C22H28N4O3. The van der Waals surface area contributed by atoms with E-state index < -0.39 is 5.97 Å². The van der Waals surface area contributed by atoms with Crippen LogP contribution in [0.25, 0.3) is 0 Å². The number of nitrogens with zero attached hydrogens (tertiary/aromatic N) is 3. The van der Waals surface area contributed by atoms with Gasteiger partial charge < -0.3 is 15.0 Å². The molecule has 1 saturated heterocycles. The van der Waals surface area contributed by atoms with Crippen LogP contribution >= 0.6 is 0 Å². The lowest BCUT2D eigenvalue weighted by Gasteiger charge is -2.22. The van der Waals surface area contributed by atoms with Crippen molar-refractivity contribution < 1.29 is 14.3 Å². The standard InChI is InChI=1S/C22H28N4O3/c1-3-29-21(27)19-10-4-5-11-20(19)24-22(28)26-13-7-12-25(14-15-26)16-18-9-6-8-17(2)23-18/h4-6,8-11H,3,7,12-16H2,1-2H3,(H,24,28). The summed E-state index contributed by atoms with van der Waals surface area (Å²) >= 11 is 0. The highest BCUT2D eigenvalue weighted by atomic mass is 16.5. The van der Waals surface area contributed by atoms with Crippen LogP contribution in [0.4, 0.5) is 10.5 Å². The van der Waals surface area contributed by atoms with E-state index in [1.807, 2.05) is 25.1 Å². The smallest absolute Gasteiger partial charge is 0.340 e. The van der Waals surface area contributed by atoms with Crippen LogP contribution in [0.5, 0.6) is 0 Å². The van der Waals surface area contributed by atoms with E-state index in [4.69, 9.17) is 4.74 Å². The van der Waals surface area contributed by atoms with Crippen molar-refractivity contribution in [1.29, 1.82) is 0 Å². The van der Waals surface area contributed by atoms with Crippen molar-refractivity contribution >= 4 is 17.7 Å². The highest BCUT2D eigenvalue weighted by Crippen LogP contribution is 2.17. The van der Waals surface area contributed by atoms with Crippen LogP contribution in [0.1, 0.15) is 35.1 Å². The number of nitrogens with one attached hydrogen (secondary N) is 1. The van der Waals surface area contributed by atoms with Crippen LogP contribution in [0, 0.1) is 6.92 Å². The molecule has 1 aliphatic rings. The largest absolute Gasteiger partial charge is 0.462 e. The van der Waals surface area contributed by atoms with Gasteiger partial charge in [-0.25, -0.2) is 9.59 Å². The summed E-state index contributed by atoms with van der Waals surface area (Å²) in [6.07, 6.45) is 0.888. The van der Waals surface area contributed by atoms with Crippen LogP contribution in [0.15, 0.2) is 42.5 Å². The summed E-state index contributed by atoms with van der Waals surface area (Å²) in [5, 5.41) is 2.87. The van der Waals surface area contributed by atoms with E-state index >= 15 is 0 Å². The molecular weight excluding hydrogens is 368 g/mol. The number of urea groups is 1. The van der Waals surface area contributed by atoms with Crippen molar-refractivity contribution in [3.05, 3.63) is 59.4 Å². The molecule has 1 aromatic carbocycles. The molecule has 3 rings (SSSR count). The number of aryl methyl sites for hydroxylation is 1. The second kappa shape index (κ2) is 10.0. The molecule has 7 heteroatoms. The number of pyridine rings is 1. The predicted octanol–water partition coefficient (Wildman–Crippen LogP) is 3.31. The Balaban J connectivity index is 1.59. The summed E-state index contributed by atoms with van der Waals surface area (Å²) in [6.45, 7) is 7.81. The Morgan fingerprint density at radius 1 is 1.07 bits per heavy atom. The maximum atomic E-state index is 12.8. The van der Waals surface area contributed by atoms with Gasteiger partial charge in [0.1, 0.15) is 0 Å². The minimum absolute atomic E-state index is 0.197. The number of carbonyl (C=O) groups is 2. The summed E-state index contributed by atoms with van der Waals surface area (Å²) in [5.74, 6) is -0.434. The fraction of sp³-hybridized carbons (Fsp3) is 0.409. The van der Waals surface area contributed by atoms with Gasteiger partial charge in [-0.15, -0.1) is 0 Å². The normalized spacial score (nSPS) is 14.9. The summed E-state index contributed by atoms with van der Waals surface area (Å²) in [5.41, 5.74) is 2.90. The van der Waals surface area contributed by atoms with Crippen LogP contribution in [-0.2, 0) is 11.3 Å². The van der Waals surface area contributed by atoms with Gasteiger partial charge in [0, 0.05) is 38.4 Å². The molecule has 29 heavy (non-hydrogen) atoms. The summed E-state index contributed by atoms with van der Waals surface area (Å²) < 4.78 is 5.08. The Kier molecular flexibility index (Phi) is 7.19. The number of amides is 2. The molecule has 2 heterocycles. The van der Waals surface area contributed by atoms with Crippen molar-refractivity contribution in [2.75, 3.05) is 38.1 Å². The Bertz CT molecular complexity index is 855. The molecule has 2 aromatic rings. The molecule has 1 aliphatic heterocycles. The van der Waals surface area contributed by atoms with Crippen LogP contribution in [0.3, 0.4) is 0 Å². The van der Waals surface area contributed by atoms with Gasteiger partial charge in [-0.3, -0.25) is 9.88 Å². The molecule has 0 bridgehead atoms. The summed E-state index contributed by atoms with van der Waals surface area (Å²) in [4.78, 5) is 33.6. The number of rotatable bonds is 5. The lowest BCUT2D eigenvalue weighted by atomic mass is 10.2. The minimum atomic E-state index is -0.434. The van der Waals surface area contributed by atoms with Gasteiger partial charge in [0.25, 0.3) is 0 Å². The van der Waals surface area contributed by atoms with Crippen molar-refractivity contribution in [3.63, 3.8) is 0 Å². The van der Waals surface area contributed by atoms with Crippen LogP contribution in [0.2, 0.25) is 0 Å². The van der Waals surface area contributed by atoms with E-state index in [-0.39, 0.29) is 6.03 Å². The highest BCUT2D eigenvalue weighted by Gasteiger charge is 2.21. The van der Waals surface area contributed by atoms with Gasteiger partial charge >= 0.3 is 12.0 Å². The number of para-hydroxylation sites is 1. The number of ether oxygens (including phenoxy) is 1. The quantitative estimate of drug-likeness (QED) is 0.785. The lowest BCUT2D eigenvalue weighted by Crippen LogP contribution is -2.38. The van der Waals surface area contributed by atoms with Crippen LogP contribution < -0.4 is 5.32 Å². The first-order valence-electron chi connectivity index (χ1n) is 10.0. The van der Waals surface area contributed by atoms with Gasteiger partial charge in [-0.05, 0) is 44.5 Å². The average molecular weight is 396 g/mol. The molecule has 1 aromatic heterocycles. The predicted molar refractivity (Wildman–Crippen MR) is 112 cm³/mol. The first-order valence-corrected chi connectivity index (χ1v) is 10.0. The van der Waals surface area contributed by atoms with Gasteiger partial charge in [0.15, 0.2) is 0 Å². The molecule has 0 radical (unpaired) electrons. The molecule has 0 aliphatic carbocycles. The maximum Gasteiger partial charge on any atom is 0.340 e. The van der Waals surface area contributed by atoms with Crippen molar-refractivity contribution in [2.24, 2.45) is 0 Å². The Labute approximate surface area is 171 Å². The number of hydrogen-bond acceptors (Lipinski definition) is 5. The zero-order chi connectivity index (χ0) is 20.6. The lowest BCUT2D eigenvalue weighted by molar-refractivity contribution is 0.0527. The molecule has 154 valence electrons. The number of hydrogen-bond donors (Lipinski definition) is 1. The Hall–Kier alpha value is -2.93. The van der Waals surface area contributed by atoms with Gasteiger partial charge in [0.05, 0.1) is 23.6 Å². The number of esters is 1. The molecule has 0 saturated carbocycles. The van der Waals surface area contributed by atoms with E-state index in [1.165, 1.54) is 0 Å². The first kappa shape index (κ1) is 20.8. The summed E-state index contributed by atoms with van der Waals surface area (Å²) in [7, 11) is 0. The third-order valence-corrected chi connectivity index (χ3v) is 4.87. The SMILES string of the molecule is CCOC(=O)c1ccccc1NC(=O)N1CCCN(Cc2cccc(C)n2)CC1. The minimum Gasteiger partial charge on any atom is -0.462 e. The molecule has 0 atom stereocenters. The fourth-order valence-corrected chi connectivity index (χ4v) is 3.42. The molecule has 1 fully saturated rings. The van der Waals surface area contributed by atoms with Gasteiger partial charge in [-0.1, -0.05) is 18.2 Å². The van der Waals surface area contributed by atoms with Crippen molar-refractivity contribution in [2.45, 2.75) is 26.8 Å². The zero-order valence-electron chi connectivity index (χ0n) is 17.1. The first-order chi connectivity index (χ1) is 14.1. The van der Waals surface area contributed by atoms with E-state index in [0.29, 0.717) is 30.9 Å². The molecule has 1 N–H and O–H groups in total. The monoisotopic (exact) mass is 396 g/mol. The van der Waals surface area contributed by atoms with E-state index in [1.54, 1.807) is 36.1 Å². The maximum absolute atomic E-state index is 12.8. The van der Waals surface area contributed by atoms with Gasteiger partial charge in [0.2, 0.25) is 0 Å². The Morgan fingerprint density at radius 2 is 1.90 bits per heavy atom. The number of anilines is 1. The third kappa shape index (κ3) is 5.77. The second-order valence-corrected chi connectivity index (χ2v) is 7.08. The van der Waals surface area contributed by atoms with Crippen molar-refractivity contribution in [3.8, 4) is 0 Å². The molecule has 0 unspecified atom stereocenters. The topological polar surface area (TPSA) is 74.8 Å². The second-order valence-electron chi connectivity index (χ2n) is 7.08. The van der Waals surface area contributed by atoms with Crippen molar-refractivity contribution in [1.82, 2.24) is 14.8 Å². The van der Waals surface area contributed by atoms with E-state index in [2.05, 4.69) is 15.2 Å². The molecule has 0 spiro atoms.